The van der Waals surface area contributed by atoms with Gasteiger partial charge < -0.3 is 10.1 Å². The number of para-hydroxylation sites is 1. The molecule has 3 aromatic rings. The Balaban J connectivity index is 1.59. The summed E-state index contributed by atoms with van der Waals surface area (Å²) >= 11 is 0. The fourth-order valence-electron chi connectivity index (χ4n) is 2.77. The third-order valence-electron chi connectivity index (χ3n) is 4.12. The molecule has 0 unspecified atom stereocenters. The van der Waals surface area contributed by atoms with E-state index < -0.39 is 0 Å². The van der Waals surface area contributed by atoms with E-state index in [0.717, 1.165) is 27.6 Å². The molecule has 1 amide bonds. The largest absolute Gasteiger partial charge is 0.374 e. The summed E-state index contributed by atoms with van der Waals surface area (Å²) in [7, 11) is 0. The summed E-state index contributed by atoms with van der Waals surface area (Å²) in [6.07, 6.45) is 5.31. The minimum absolute atomic E-state index is 0.133. The Morgan fingerprint density at radius 1 is 1.11 bits per heavy atom. The van der Waals surface area contributed by atoms with E-state index in [4.69, 9.17) is 4.74 Å². The van der Waals surface area contributed by atoms with E-state index in [2.05, 4.69) is 16.4 Å². The molecule has 0 fully saturated rings. The summed E-state index contributed by atoms with van der Waals surface area (Å²) in [5.41, 5.74) is 3.97. The van der Waals surface area contributed by atoms with Crippen molar-refractivity contribution in [2.45, 2.75) is 33.1 Å². The highest BCUT2D eigenvalue weighted by Crippen LogP contribution is 2.17. The summed E-state index contributed by atoms with van der Waals surface area (Å²) in [5.74, 6) is -0.133. The van der Waals surface area contributed by atoms with Gasteiger partial charge in [-0.05, 0) is 37.1 Å². The van der Waals surface area contributed by atoms with Crippen LogP contribution in [0.3, 0.4) is 0 Å². The molecule has 0 spiro atoms. The number of benzene rings is 2. The van der Waals surface area contributed by atoms with E-state index in [1.165, 1.54) is 0 Å². The molecule has 4 nitrogen and oxygen atoms in total. The number of carbonyl (C=O) groups is 1. The van der Waals surface area contributed by atoms with Crippen molar-refractivity contribution < 1.29 is 9.53 Å². The molecule has 0 aliphatic carbocycles. The van der Waals surface area contributed by atoms with Crippen LogP contribution in [0.5, 0.6) is 0 Å². The van der Waals surface area contributed by atoms with Gasteiger partial charge in [-0.1, -0.05) is 48.5 Å². The molecule has 138 valence electrons. The molecule has 1 N–H and O–H groups in total. The number of aromatic nitrogens is 1. The Morgan fingerprint density at radius 2 is 1.89 bits per heavy atom. The van der Waals surface area contributed by atoms with E-state index in [1.807, 2.05) is 62.4 Å². The lowest BCUT2D eigenvalue weighted by Gasteiger charge is -2.09. The summed E-state index contributed by atoms with van der Waals surface area (Å²) in [4.78, 5) is 16.6. The van der Waals surface area contributed by atoms with Crippen molar-refractivity contribution in [1.82, 2.24) is 10.3 Å². The van der Waals surface area contributed by atoms with Gasteiger partial charge in [0.25, 0.3) is 0 Å². The Labute approximate surface area is 159 Å². The first-order chi connectivity index (χ1) is 13.1. The van der Waals surface area contributed by atoms with Crippen LogP contribution in [0.15, 0.2) is 66.9 Å². The Morgan fingerprint density at radius 3 is 2.74 bits per heavy atom. The number of ether oxygens (including phenoxy) is 1. The molecular weight excluding hydrogens is 336 g/mol. The fraction of sp³-hybridized carbons (Fsp3) is 0.217. The van der Waals surface area contributed by atoms with Gasteiger partial charge in [0.15, 0.2) is 0 Å². The molecule has 3 rings (SSSR count). The highest BCUT2D eigenvalue weighted by Gasteiger charge is 2.02. The molecule has 0 atom stereocenters. The van der Waals surface area contributed by atoms with Crippen LogP contribution in [-0.2, 0) is 22.7 Å². The molecular formula is C23H24N2O2. The number of hydrogen-bond donors (Lipinski definition) is 1. The molecule has 27 heavy (non-hydrogen) atoms. The van der Waals surface area contributed by atoms with Crippen molar-refractivity contribution in [1.29, 1.82) is 0 Å². The summed E-state index contributed by atoms with van der Waals surface area (Å²) in [5, 5.41) is 3.98. The van der Waals surface area contributed by atoms with Crippen molar-refractivity contribution in [3.05, 3.63) is 83.6 Å². The molecule has 0 radical (unpaired) electrons. The monoisotopic (exact) mass is 360 g/mol. The lowest BCUT2D eigenvalue weighted by atomic mass is 10.1. The topological polar surface area (TPSA) is 51.2 Å². The molecule has 0 saturated heterocycles. The van der Waals surface area contributed by atoms with E-state index in [9.17, 15) is 4.79 Å². The highest BCUT2D eigenvalue weighted by molar-refractivity contribution is 5.95. The lowest BCUT2D eigenvalue weighted by Crippen LogP contribution is -2.20. The number of fused-ring (bicyclic) bond motifs is 1. The Bertz CT molecular complexity index is 943. The number of nitrogens with one attached hydrogen (secondary N) is 1. The average molecular weight is 360 g/mol. The minimum atomic E-state index is -0.133. The molecule has 0 aliphatic rings. The summed E-state index contributed by atoms with van der Waals surface area (Å²) < 4.78 is 5.63. The summed E-state index contributed by atoms with van der Waals surface area (Å²) in [6.45, 7) is 5.09. The van der Waals surface area contributed by atoms with Crippen LogP contribution in [-0.4, -0.2) is 17.0 Å². The summed E-state index contributed by atoms with van der Waals surface area (Å²) in [6, 6.07) is 17.9. The predicted octanol–water partition coefficient (Wildman–Crippen LogP) is 4.49. The smallest absolute Gasteiger partial charge is 0.244 e. The van der Waals surface area contributed by atoms with Crippen molar-refractivity contribution in [3.8, 4) is 0 Å². The van der Waals surface area contributed by atoms with Gasteiger partial charge in [-0.2, -0.15) is 0 Å². The van der Waals surface area contributed by atoms with Crippen LogP contribution in [0.4, 0.5) is 0 Å². The number of pyridine rings is 1. The first-order valence-electron chi connectivity index (χ1n) is 9.11. The zero-order valence-corrected chi connectivity index (χ0v) is 15.7. The second-order valence-electron chi connectivity index (χ2n) is 6.65. The van der Waals surface area contributed by atoms with Crippen LogP contribution in [0.25, 0.3) is 17.0 Å². The second-order valence-corrected chi connectivity index (χ2v) is 6.65. The predicted molar refractivity (Wildman–Crippen MR) is 109 cm³/mol. The van der Waals surface area contributed by atoms with Crippen molar-refractivity contribution in [2.24, 2.45) is 0 Å². The molecule has 1 heterocycles. The van der Waals surface area contributed by atoms with Crippen molar-refractivity contribution >= 4 is 22.9 Å². The number of nitrogens with zero attached hydrogens (tertiary/aromatic N) is 1. The fourth-order valence-corrected chi connectivity index (χ4v) is 2.77. The number of carbonyl (C=O) groups excluding carboxylic acids is 1. The van der Waals surface area contributed by atoms with Crippen molar-refractivity contribution in [3.63, 3.8) is 0 Å². The van der Waals surface area contributed by atoms with Gasteiger partial charge in [-0.25, -0.2) is 0 Å². The van der Waals surface area contributed by atoms with Gasteiger partial charge in [-0.15, -0.1) is 0 Å². The van der Waals surface area contributed by atoms with E-state index in [0.29, 0.717) is 13.2 Å². The van der Waals surface area contributed by atoms with Gasteiger partial charge in [0.2, 0.25) is 5.91 Å². The molecule has 0 saturated carbocycles. The number of hydrogen-bond acceptors (Lipinski definition) is 3. The third-order valence-corrected chi connectivity index (χ3v) is 4.12. The lowest BCUT2D eigenvalue weighted by molar-refractivity contribution is -0.116. The first kappa shape index (κ1) is 18.8. The van der Waals surface area contributed by atoms with Gasteiger partial charge in [0.05, 0.1) is 18.2 Å². The molecule has 0 aliphatic heterocycles. The quantitative estimate of drug-likeness (QED) is 0.632. The van der Waals surface area contributed by atoms with Gasteiger partial charge in [-0.3, -0.25) is 9.78 Å². The maximum atomic E-state index is 12.2. The SMILES string of the molecule is CC(C)OCc1cccc(CNC(=O)C=Cc2cccc3cccnc23)c1. The minimum Gasteiger partial charge on any atom is -0.374 e. The van der Waals surface area contributed by atoms with Gasteiger partial charge in [0.1, 0.15) is 0 Å². The van der Waals surface area contributed by atoms with E-state index in [1.54, 1.807) is 18.3 Å². The van der Waals surface area contributed by atoms with Crippen LogP contribution in [0, 0.1) is 0 Å². The Hall–Kier alpha value is -2.98. The number of amides is 1. The number of rotatable bonds is 7. The zero-order chi connectivity index (χ0) is 19.1. The first-order valence-corrected chi connectivity index (χ1v) is 9.11. The van der Waals surface area contributed by atoms with Crippen LogP contribution >= 0.6 is 0 Å². The van der Waals surface area contributed by atoms with Gasteiger partial charge >= 0.3 is 0 Å². The van der Waals surface area contributed by atoms with Gasteiger partial charge in [0, 0.05) is 29.8 Å². The maximum absolute atomic E-state index is 12.2. The molecule has 2 aromatic carbocycles. The average Bonchev–Trinajstić information content (AvgIpc) is 2.69. The van der Waals surface area contributed by atoms with Crippen LogP contribution in [0.1, 0.15) is 30.5 Å². The molecule has 0 bridgehead atoms. The van der Waals surface area contributed by atoms with Crippen molar-refractivity contribution in [2.75, 3.05) is 0 Å². The third kappa shape index (κ3) is 5.50. The highest BCUT2D eigenvalue weighted by atomic mass is 16.5. The van der Waals surface area contributed by atoms with E-state index in [-0.39, 0.29) is 12.0 Å². The molecule has 4 heteroatoms. The second kappa shape index (κ2) is 9.10. The van der Waals surface area contributed by atoms with Crippen LogP contribution < -0.4 is 5.32 Å². The van der Waals surface area contributed by atoms with Crippen LogP contribution in [0.2, 0.25) is 0 Å². The van der Waals surface area contributed by atoms with E-state index >= 15 is 0 Å². The zero-order valence-electron chi connectivity index (χ0n) is 15.7. The Kier molecular flexibility index (Phi) is 6.34. The normalized spacial score (nSPS) is 11.4. The molecule has 1 aromatic heterocycles. The maximum Gasteiger partial charge on any atom is 0.244 e. The standard InChI is InChI=1S/C23H24N2O2/c1-17(2)27-16-19-7-3-6-18(14-19)15-25-22(26)12-11-21-9-4-8-20-10-5-13-24-23(20)21/h3-14,17H,15-16H2,1-2H3,(H,25,26).